The molecule has 0 aromatic carbocycles. The zero-order valence-corrected chi connectivity index (χ0v) is 7.04. The van der Waals surface area contributed by atoms with Gasteiger partial charge in [-0.05, 0) is 12.3 Å². The van der Waals surface area contributed by atoms with Gasteiger partial charge in [0.2, 0.25) is 11.8 Å². The van der Waals surface area contributed by atoms with Gasteiger partial charge in [-0.25, -0.2) is 0 Å². The van der Waals surface area contributed by atoms with E-state index in [1.54, 1.807) is 4.90 Å². The molecule has 2 saturated heterocycles. The van der Waals surface area contributed by atoms with Gasteiger partial charge in [0.25, 0.3) is 0 Å². The molecule has 4 nitrogen and oxygen atoms in total. The van der Waals surface area contributed by atoms with Crippen LogP contribution < -0.4 is 5.32 Å². The number of carbonyl (C=O) groups excluding carboxylic acids is 2. The molecule has 2 atom stereocenters. The zero-order valence-electron chi connectivity index (χ0n) is 7.04. The maximum Gasteiger partial charge on any atom is 0.243 e. The fourth-order valence-corrected chi connectivity index (χ4v) is 1.95. The molecule has 1 N–H and O–H groups in total. The average molecular weight is 168 g/mol. The third kappa shape index (κ3) is 0.983. The predicted molar refractivity (Wildman–Crippen MR) is 42.3 cm³/mol. The van der Waals surface area contributed by atoms with E-state index >= 15 is 0 Å². The van der Waals surface area contributed by atoms with Crippen LogP contribution in [0.15, 0.2) is 0 Å². The van der Waals surface area contributed by atoms with Crippen LogP contribution in [0.1, 0.15) is 13.3 Å². The first-order valence-electron chi connectivity index (χ1n) is 4.25. The quantitative estimate of drug-likeness (QED) is 0.522. The summed E-state index contributed by atoms with van der Waals surface area (Å²) < 4.78 is 0. The molecule has 66 valence electrons. The van der Waals surface area contributed by atoms with Gasteiger partial charge in [0.15, 0.2) is 0 Å². The molecule has 0 saturated carbocycles. The van der Waals surface area contributed by atoms with Crippen molar-refractivity contribution in [2.75, 3.05) is 13.1 Å². The van der Waals surface area contributed by atoms with E-state index in [9.17, 15) is 9.59 Å². The summed E-state index contributed by atoms with van der Waals surface area (Å²) in [6, 6.07) is -0.179. The molecule has 2 heterocycles. The number of nitrogens with zero attached hydrogens (tertiary/aromatic N) is 1. The van der Waals surface area contributed by atoms with Crippen LogP contribution in [0.3, 0.4) is 0 Å². The highest BCUT2D eigenvalue weighted by molar-refractivity contribution is 5.95. The van der Waals surface area contributed by atoms with E-state index in [1.165, 1.54) is 0 Å². The Hall–Kier alpha value is -1.06. The maximum absolute atomic E-state index is 11.3. The SMILES string of the molecule is CC1CC2C(=O)NCC(=O)N2C1. The Labute approximate surface area is 70.9 Å². The van der Waals surface area contributed by atoms with Crippen molar-refractivity contribution < 1.29 is 9.59 Å². The van der Waals surface area contributed by atoms with Crippen molar-refractivity contribution in [1.29, 1.82) is 0 Å². The van der Waals surface area contributed by atoms with E-state index in [2.05, 4.69) is 12.2 Å². The van der Waals surface area contributed by atoms with E-state index in [1.807, 2.05) is 0 Å². The highest BCUT2D eigenvalue weighted by Crippen LogP contribution is 2.24. The van der Waals surface area contributed by atoms with E-state index in [4.69, 9.17) is 0 Å². The van der Waals surface area contributed by atoms with Gasteiger partial charge in [-0.2, -0.15) is 0 Å². The minimum Gasteiger partial charge on any atom is -0.345 e. The monoisotopic (exact) mass is 168 g/mol. The number of piperazine rings is 1. The lowest BCUT2D eigenvalue weighted by molar-refractivity contribution is -0.143. The molecule has 2 aliphatic rings. The van der Waals surface area contributed by atoms with E-state index in [0.29, 0.717) is 5.92 Å². The summed E-state index contributed by atoms with van der Waals surface area (Å²) >= 11 is 0. The number of nitrogens with one attached hydrogen (secondary N) is 1. The Morgan fingerprint density at radius 1 is 1.50 bits per heavy atom. The molecule has 0 bridgehead atoms. The summed E-state index contributed by atoms with van der Waals surface area (Å²) in [6.07, 6.45) is 0.817. The number of rotatable bonds is 0. The third-order valence-corrected chi connectivity index (χ3v) is 2.55. The molecular weight excluding hydrogens is 156 g/mol. The van der Waals surface area contributed by atoms with Crippen LogP contribution in [0.2, 0.25) is 0 Å². The largest absolute Gasteiger partial charge is 0.345 e. The van der Waals surface area contributed by atoms with Crippen LogP contribution in [0.4, 0.5) is 0 Å². The molecule has 2 rings (SSSR count). The number of fused-ring (bicyclic) bond motifs is 1. The lowest BCUT2D eigenvalue weighted by atomic mass is 10.1. The van der Waals surface area contributed by atoms with Gasteiger partial charge in [-0.15, -0.1) is 0 Å². The molecule has 2 amide bonds. The van der Waals surface area contributed by atoms with Gasteiger partial charge in [0, 0.05) is 6.54 Å². The van der Waals surface area contributed by atoms with Crippen LogP contribution in [-0.4, -0.2) is 35.8 Å². The van der Waals surface area contributed by atoms with Crippen molar-refractivity contribution in [1.82, 2.24) is 10.2 Å². The number of hydrogen-bond donors (Lipinski definition) is 1. The second kappa shape index (κ2) is 2.47. The standard InChI is InChI=1S/C8H12N2O2/c1-5-2-6-8(12)9-3-7(11)10(6)4-5/h5-6H,2-4H2,1H3,(H,9,12). The molecule has 0 spiro atoms. The van der Waals surface area contributed by atoms with Crippen molar-refractivity contribution in [3.05, 3.63) is 0 Å². The molecule has 0 aromatic heterocycles. The summed E-state index contributed by atoms with van der Waals surface area (Å²) in [5, 5.41) is 2.59. The summed E-state index contributed by atoms with van der Waals surface area (Å²) in [6.45, 7) is 3.00. The Morgan fingerprint density at radius 3 is 2.92 bits per heavy atom. The average Bonchev–Trinajstić information content (AvgIpc) is 2.41. The molecule has 2 fully saturated rings. The van der Waals surface area contributed by atoms with Crippen LogP contribution in [0, 0.1) is 5.92 Å². The molecule has 2 aliphatic heterocycles. The van der Waals surface area contributed by atoms with Crippen LogP contribution in [0.5, 0.6) is 0 Å². The molecule has 0 aliphatic carbocycles. The van der Waals surface area contributed by atoms with E-state index in [-0.39, 0.29) is 24.4 Å². The Morgan fingerprint density at radius 2 is 2.25 bits per heavy atom. The van der Waals surface area contributed by atoms with Crippen molar-refractivity contribution in [2.24, 2.45) is 5.92 Å². The summed E-state index contributed by atoms with van der Waals surface area (Å²) in [5.74, 6) is 0.533. The highest BCUT2D eigenvalue weighted by atomic mass is 16.2. The first kappa shape index (κ1) is 7.58. The normalized spacial score (nSPS) is 34.9. The molecule has 4 heteroatoms. The summed E-state index contributed by atoms with van der Waals surface area (Å²) in [7, 11) is 0. The third-order valence-electron chi connectivity index (χ3n) is 2.55. The number of carbonyl (C=O) groups is 2. The first-order valence-corrected chi connectivity index (χ1v) is 4.25. The second-order valence-corrected chi connectivity index (χ2v) is 3.62. The lowest BCUT2D eigenvalue weighted by Crippen LogP contribution is -2.55. The highest BCUT2D eigenvalue weighted by Gasteiger charge is 2.40. The van der Waals surface area contributed by atoms with Gasteiger partial charge < -0.3 is 10.2 Å². The minimum atomic E-state index is -0.179. The molecule has 0 radical (unpaired) electrons. The van der Waals surface area contributed by atoms with Gasteiger partial charge in [-0.1, -0.05) is 6.92 Å². The fraction of sp³-hybridized carbons (Fsp3) is 0.750. The molecule has 2 unspecified atom stereocenters. The van der Waals surface area contributed by atoms with Gasteiger partial charge in [0.1, 0.15) is 6.04 Å². The van der Waals surface area contributed by atoms with Crippen molar-refractivity contribution >= 4 is 11.8 Å². The Kier molecular flexibility index (Phi) is 1.56. The second-order valence-electron chi connectivity index (χ2n) is 3.62. The Bertz CT molecular complexity index is 215. The summed E-state index contributed by atoms with van der Waals surface area (Å²) in [5.41, 5.74) is 0. The summed E-state index contributed by atoms with van der Waals surface area (Å²) in [4.78, 5) is 24.2. The zero-order chi connectivity index (χ0) is 8.72. The van der Waals surface area contributed by atoms with Crippen molar-refractivity contribution in [3.8, 4) is 0 Å². The van der Waals surface area contributed by atoms with E-state index < -0.39 is 0 Å². The smallest absolute Gasteiger partial charge is 0.243 e. The predicted octanol–water partition coefficient (Wildman–Crippen LogP) is -0.647. The lowest BCUT2D eigenvalue weighted by Gasteiger charge is -2.28. The molecule has 12 heavy (non-hydrogen) atoms. The maximum atomic E-state index is 11.3. The topological polar surface area (TPSA) is 49.4 Å². The number of amides is 2. The van der Waals surface area contributed by atoms with Crippen LogP contribution in [0.25, 0.3) is 0 Å². The van der Waals surface area contributed by atoms with Crippen molar-refractivity contribution in [2.45, 2.75) is 19.4 Å². The van der Waals surface area contributed by atoms with Crippen LogP contribution in [-0.2, 0) is 9.59 Å². The van der Waals surface area contributed by atoms with Gasteiger partial charge in [-0.3, -0.25) is 9.59 Å². The van der Waals surface area contributed by atoms with E-state index in [0.717, 1.165) is 13.0 Å². The molecule has 0 aromatic rings. The molecular formula is C8H12N2O2. The van der Waals surface area contributed by atoms with Crippen molar-refractivity contribution in [3.63, 3.8) is 0 Å². The fourth-order valence-electron chi connectivity index (χ4n) is 1.95. The Balaban J connectivity index is 2.20. The van der Waals surface area contributed by atoms with Crippen LogP contribution >= 0.6 is 0 Å². The van der Waals surface area contributed by atoms with Gasteiger partial charge >= 0.3 is 0 Å². The minimum absolute atomic E-state index is 0.0129. The number of hydrogen-bond acceptors (Lipinski definition) is 2. The van der Waals surface area contributed by atoms with Gasteiger partial charge in [0.05, 0.1) is 6.54 Å². The first-order chi connectivity index (χ1) is 5.68.